The third kappa shape index (κ3) is 4.44. The predicted molar refractivity (Wildman–Crippen MR) is 67.8 cm³/mol. The van der Waals surface area contributed by atoms with Crippen LogP contribution in [0.4, 0.5) is 11.8 Å². The summed E-state index contributed by atoms with van der Waals surface area (Å²) < 4.78 is 0. The fourth-order valence-electron chi connectivity index (χ4n) is 1.53. The van der Waals surface area contributed by atoms with Crippen LogP contribution in [0, 0.1) is 0 Å². The molecule has 0 saturated carbocycles. The van der Waals surface area contributed by atoms with Gasteiger partial charge >= 0.3 is 0 Å². The van der Waals surface area contributed by atoms with Crippen LogP contribution in [0.1, 0.15) is 13.8 Å². The molecule has 1 aromatic heterocycles. The molecule has 90 valence electrons. The third-order valence-electron chi connectivity index (χ3n) is 2.02. The fourth-order valence-corrected chi connectivity index (χ4v) is 1.53. The van der Waals surface area contributed by atoms with Crippen LogP contribution in [0.3, 0.4) is 0 Å². The Labute approximate surface area is 97.3 Å². The zero-order valence-corrected chi connectivity index (χ0v) is 10.5. The Kier molecular flexibility index (Phi) is 4.98. The van der Waals surface area contributed by atoms with E-state index < -0.39 is 0 Å². The molecule has 5 heteroatoms. The van der Waals surface area contributed by atoms with Crippen LogP contribution in [0.2, 0.25) is 0 Å². The van der Waals surface area contributed by atoms with Gasteiger partial charge in [0.1, 0.15) is 5.82 Å². The summed E-state index contributed by atoms with van der Waals surface area (Å²) in [6.07, 6.45) is 1.76. The summed E-state index contributed by atoms with van der Waals surface area (Å²) in [5, 5.41) is 6.43. The number of hydrogen-bond donors (Lipinski definition) is 2. The molecular weight excluding hydrogens is 202 g/mol. The average Bonchev–Trinajstić information content (AvgIpc) is 2.17. The van der Waals surface area contributed by atoms with Gasteiger partial charge in [0.05, 0.1) is 0 Å². The first kappa shape index (κ1) is 12.7. The Morgan fingerprint density at radius 2 is 2.19 bits per heavy atom. The number of rotatable bonds is 6. The maximum absolute atomic E-state index is 4.36. The molecule has 0 spiro atoms. The highest BCUT2D eigenvalue weighted by Gasteiger charge is 2.04. The number of nitrogens with one attached hydrogen (secondary N) is 2. The Morgan fingerprint density at radius 3 is 2.81 bits per heavy atom. The lowest BCUT2D eigenvalue weighted by molar-refractivity contribution is 0.392. The molecule has 16 heavy (non-hydrogen) atoms. The first-order valence-electron chi connectivity index (χ1n) is 5.60. The van der Waals surface area contributed by atoms with Crippen LogP contribution in [0.5, 0.6) is 0 Å². The molecule has 5 nitrogen and oxygen atoms in total. The van der Waals surface area contributed by atoms with Crippen molar-refractivity contribution in [3.8, 4) is 0 Å². The van der Waals surface area contributed by atoms with Gasteiger partial charge in [-0.1, -0.05) is 0 Å². The summed E-state index contributed by atoms with van der Waals surface area (Å²) in [6, 6.07) is 2.24. The number of aromatic nitrogens is 2. The quantitative estimate of drug-likeness (QED) is 0.760. The first-order valence-corrected chi connectivity index (χ1v) is 5.60. The Balaban J connectivity index is 2.55. The van der Waals surface area contributed by atoms with Gasteiger partial charge in [-0.15, -0.1) is 0 Å². The molecule has 2 N–H and O–H groups in total. The normalized spacial score (nSPS) is 12.6. The molecule has 1 rings (SSSR count). The van der Waals surface area contributed by atoms with Gasteiger partial charge in [-0.3, -0.25) is 0 Å². The minimum absolute atomic E-state index is 0.361. The summed E-state index contributed by atoms with van der Waals surface area (Å²) in [4.78, 5) is 10.6. The van der Waals surface area contributed by atoms with Crippen LogP contribution in [0.15, 0.2) is 12.3 Å². The van der Waals surface area contributed by atoms with Gasteiger partial charge in [0.25, 0.3) is 0 Å². The number of anilines is 2. The van der Waals surface area contributed by atoms with E-state index in [4.69, 9.17) is 0 Å². The molecule has 0 bridgehead atoms. The molecule has 0 aliphatic carbocycles. The van der Waals surface area contributed by atoms with Crippen molar-refractivity contribution in [2.45, 2.75) is 19.9 Å². The zero-order chi connectivity index (χ0) is 12.0. The highest BCUT2D eigenvalue weighted by atomic mass is 15.2. The van der Waals surface area contributed by atoms with E-state index in [1.165, 1.54) is 0 Å². The molecule has 1 atom stereocenters. The van der Waals surface area contributed by atoms with E-state index in [1.54, 1.807) is 6.20 Å². The van der Waals surface area contributed by atoms with Gasteiger partial charge in [0.2, 0.25) is 5.95 Å². The second-order valence-corrected chi connectivity index (χ2v) is 4.10. The fraction of sp³-hybridized carbons (Fsp3) is 0.636. The van der Waals surface area contributed by atoms with Crippen molar-refractivity contribution in [2.24, 2.45) is 0 Å². The molecule has 0 saturated heterocycles. The maximum atomic E-state index is 4.36. The smallest absolute Gasteiger partial charge is 0.224 e. The molecule has 0 fully saturated rings. The number of hydrogen-bond acceptors (Lipinski definition) is 5. The lowest BCUT2D eigenvalue weighted by atomic mass is 10.3. The van der Waals surface area contributed by atoms with Crippen LogP contribution in [-0.2, 0) is 0 Å². The molecule has 0 aliphatic heterocycles. The van der Waals surface area contributed by atoms with E-state index in [2.05, 4.69) is 46.5 Å². The average molecular weight is 223 g/mol. The molecule has 1 aromatic rings. The minimum atomic E-state index is 0.361. The summed E-state index contributed by atoms with van der Waals surface area (Å²) in [6.45, 7) is 5.96. The van der Waals surface area contributed by atoms with Crippen molar-refractivity contribution in [2.75, 3.05) is 37.8 Å². The minimum Gasteiger partial charge on any atom is -0.366 e. The number of likely N-dealkylation sites (N-methyl/N-ethyl adjacent to an activating group) is 1. The topological polar surface area (TPSA) is 53.1 Å². The highest BCUT2D eigenvalue weighted by Crippen LogP contribution is 2.07. The Morgan fingerprint density at radius 1 is 1.44 bits per heavy atom. The van der Waals surface area contributed by atoms with Gasteiger partial charge in [0, 0.05) is 25.3 Å². The number of nitrogens with zero attached hydrogens (tertiary/aromatic N) is 3. The first-order chi connectivity index (χ1) is 7.61. The van der Waals surface area contributed by atoms with Gasteiger partial charge in [-0.25, -0.2) is 4.98 Å². The van der Waals surface area contributed by atoms with Gasteiger partial charge < -0.3 is 15.5 Å². The third-order valence-corrected chi connectivity index (χ3v) is 2.02. The molecule has 0 aliphatic rings. The monoisotopic (exact) mass is 223 g/mol. The SMILES string of the molecule is CCNc1nccc(NC(C)CN(C)C)n1. The lowest BCUT2D eigenvalue weighted by Gasteiger charge is -2.18. The van der Waals surface area contributed by atoms with Crippen molar-refractivity contribution < 1.29 is 0 Å². The molecular formula is C11H21N5. The van der Waals surface area contributed by atoms with E-state index in [-0.39, 0.29) is 0 Å². The molecule has 0 amide bonds. The highest BCUT2D eigenvalue weighted by molar-refractivity contribution is 5.40. The van der Waals surface area contributed by atoms with E-state index in [9.17, 15) is 0 Å². The second-order valence-electron chi connectivity index (χ2n) is 4.10. The summed E-state index contributed by atoms with van der Waals surface area (Å²) in [7, 11) is 4.12. The van der Waals surface area contributed by atoms with Crippen LogP contribution < -0.4 is 10.6 Å². The van der Waals surface area contributed by atoms with E-state index in [0.29, 0.717) is 12.0 Å². The summed E-state index contributed by atoms with van der Waals surface area (Å²) >= 11 is 0. The molecule has 1 heterocycles. The largest absolute Gasteiger partial charge is 0.366 e. The maximum Gasteiger partial charge on any atom is 0.224 e. The molecule has 0 aromatic carbocycles. The summed E-state index contributed by atoms with van der Waals surface area (Å²) in [5.74, 6) is 1.53. The zero-order valence-electron chi connectivity index (χ0n) is 10.5. The Hall–Kier alpha value is -1.36. The second kappa shape index (κ2) is 6.27. The van der Waals surface area contributed by atoms with Gasteiger partial charge in [0.15, 0.2) is 0 Å². The van der Waals surface area contributed by atoms with Crippen molar-refractivity contribution in [3.05, 3.63) is 12.3 Å². The predicted octanol–water partition coefficient (Wildman–Crippen LogP) is 1.27. The van der Waals surface area contributed by atoms with E-state index in [1.807, 2.05) is 13.0 Å². The van der Waals surface area contributed by atoms with Gasteiger partial charge in [-0.2, -0.15) is 4.98 Å². The lowest BCUT2D eigenvalue weighted by Crippen LogP contribution is -2.30. The molecule has 1 unspecified atom stereocenters. The van der Waals surface area contributed by atoms with Crippen molar-refractivity contribution in [1.82, 2.24) is 14.9 Å². The summed E-state index contributed by atoms with van der Waals surface area (Å²) in [5.41, 5.74) is 0. The van der Waals surface area contributed by atoms with E-state index >= 15 is 0 Å². The van der Waals surface area contributed by atoms with Gasteiger partial charge in [-0.05, 0) is 34.0 Å². The van der Waals surface area contributed by atoms with E-state index in [0.717, 1.165) is 18.9 Å². The standard InChI is InChI=1S/C11H21N5/c1-5-12-11-13-7-6-10(15-11)14-9(2)8-16(3)4/h6-7,9H,5,8H2,1-4H3,(H2,12,13,14,15). The van der Waals surface area contributed by atoms with Crippen molar-refractivity contribution in [1.29, 1.82) is 0 Å². The Bertz CT molecular complexity index is 313. The van der Waals surface area contributed by atoms with Crippen LogP contribution >= 0.6 is 0 Å². The van der Waals surface area contributed by atoms with Crippen LogP contribution in [-0.4, -0.2) is 48.1 Å². The molecule has 0 radical (unpaired) electrons. The van der Waals surface area contributed by atoms with Crippen molar-refractivity contribution >= 4 is 11.8 Å². The van der Waals surface area contributed by atoms with Crippen molar-refractivity contribution in [3.63, 3.8) is 0 Å². The van der Waals surface area contributed by atoms with Crippen LogP contribution in [0.25, 0.3) is 0 Å².